The van der Waals surface area contributed by atoms with Crippen LogP contribution in [0.5, 0.6) is 0 Å². The largest absolute Gasteiger partial charge is 0.469 e. The van der Waals surface area contributed by atoms with Gasteiger partial charge in [-0.05, 0) is 30.0 Å². The minimum atomic E-state index is -0.164. The maximum absolute atomic E-state index is 11.7. The molecule has 1 atom stereocenters. The SMILES string of the molecule is COC(=O)C(Cc1ccc2ncoc2c1)C(C)C. The van der Waals surface area contributed by atoms with E-state index >= 15 is 0 Å². The molecule has 4 nitrogen and oxygen atoms in total. The summed E-state index contributed by atoms with van der Waals surface area (Å²) in [6, 6.07) is 5.81. The van der Waals surface area contributed by atoms with Crippen LogP contribution in [0.2, 0.25) is 0 Å². The van der Waals surface area contributed by atoms with Gasteiger partial charge in [0.25, 0.3) is 0 Å². The molecule has 0 saturated heterocycles. The average Bonchev–Trinajstić information content (AvgIpc) is 2.82. The molecule has 2 rings (SSSR count). The van der Waals surface area contributed by atoms with Gasteiger partial charge in [0, 0.05) is 0 Å². The van der Waals surface area contributed by atoms with Crippen molar-refractivity contribution in [1.29, 1.82) is 0 Å². The van der Waals surface area contributed by atoms with Crippen LogP contribution in [0, 0.1) is 11.8 Å². The number of fused-ring (bicyclic) bond motifs is 1. The Balaban J connectivity index is 2.22. The number of hydrogen-bond acceptors (Lipinski definition) is 4. The fraction of sp³-hybridized carbons (Fsp3) is 0.429. The summed E-state index contributed by atoms with van der Waals surface area (Å²) >= 11 is 0. The van der Waals surface area contributed by atoms with E-state index in [2.05, 4.69) is 4.98 Å². The normalized spacial score (nSPS) is 12.9. The number of aromatic nitrogens is 1. The Bertz CT molecular complexity index is 545. The molecule has 1 unspecified atom stereocenters. The number of carbonyl (C=O) groups is 1. The molecule has 0 bridgehead atoms. The number of methoxy groups -OCH3 is 1. The molecule has 0 aliphatic rings. The summed E-state index contributed by atoms with van der Waals surface area (Å²) in [4.78, 5) is 15.8. The highest BCUT2D eigenvalue weighted by Gasteiger charge is 2.23. The van der Waals surface area contributed by atoms with Crippen molar-refractivity contribution in [3.05, 3.63) is 30.2 Å². The van der Waals surface area contributed by atoms with E-state index < -0.39 is 0 Å². The van der Waals surface area contributed by atoms with E-state index in [-0.39, 0.29) is 17.8 Å². The van der Waals surface area contributed by atoms with Crippen LogP contribution >= 0.6 is 0 Å². The van der Waals surface area contributed by atoms with Gasteiger partial charge in [-0.1, -0.05) is 19.9 Å². The van der Waals surface area contributed by atoms with Crippen molar-refractivity contribution in [3.8, 4) is 0 Å². The number of esters is 1. The van der Waals surface area contributed by atoms with Gasteiger partial charge in [-0.15, -0.1) is 0 Å². The summed E-state index contributed by atoms with van der Waals surface area (Å²) in [6.07, 6.45) is 2.08. The van der Waals surface area contributed by atoms with Gasteiger partial charge in [0.1, 0.15) is 5.52 Å². The minimum absolute atomic E-state index is 0.129. The molecule has 2 aromatic rings. The number of carbonyl (C=O) groups excluding carboxylic acids is 1. The molecular weight excluding hydrogens is 230 g/mol. The predicted octanol–water partition coefficient (Wildman–Crippen LogP) is 2.82. The second-order valence-corrected chi connectivity index (χ2v) is 4.73. The third kappa shape index (κ3) is 2.53. The lowest BCUT2D eigenvalue weighted by atomic mass is 9.89. The zero-order valence-electron chi connectivity index (χ0n) is 10.8. The maximum Gasteiger partial charge on any atom is 0.309 e. The van der Waals surface area contributed by atoms with Gasteiger partial charge in [-0.25, -0.2) is 4.98 Å². The summed E-state index contributed by atoms with van der Waals surface area (Å²) in [5.41, 5.74) is 2.64. The molecule has 0 aliphatic carbocycles. The number of oxazole rings is 1. The molecule has 0 N–H and O–H groups in total. The first-order valence-electron chi connectivity index (χ1n) is 6.01. The smallest absolute Gasteiger partial charge is 0.309 e. The van der Waals surface area contributed by atoms with Gasteiger partial charge < -0.3 is 9.15 Å². The lowest BCUT2D eigenvalue weighted by Gasteiger charge is -2.18. The van der Waals surface area contributed by atoms with Gasteiger partial charge in [-0.3, -0.25) is 4.79 Å². The van der Waals surface area contributed by atoms with Crippen LogP contribution in [0.25, 0.3) is 11.1 Å². The number of rotatable bonds is 4. The van der Waals surface area contributed by atoms with Gasteiger partial charge in [0.2, 0.25) is 0 Å². The van der Waals surface area contributed by atoms with E-state index in [1.54, 1.807) is 0 Å². The Morgan fingerprint density at radius 1 is 1.44 bits per heavy atom. The van der Waals surface area contributed by atoms with Crippen molar-refractivity contribution >= 4 is 17.1 Å². The van der Waals surface area contributed by atoms with Gasteiger partial charge in [0.05, 0.1) is 13.0 Å². The number of benzene rings is 1. The molecule has 4 heteroatoms. The van der Waals surface area contributed by atoms with Crippen molar-refractivity contribution in [2.45, 2.75) is 20.3 Å². The Hall–Kier alpha value is -1.84. The van der Waals surface area contributed by atoms with Crippen molar-refractivity contribution in [3.63, 3.8) is 0 Å². The van der Waals surface area contributed by atoms with Gasteiger partial charge >= 0.3 is 5.97 Å². The summed E-state index contributed by atoms with van der Waals surface area (Å²) < 4.78 is 10.1. The minimum Gasteiger partial charge on any atom is -0.469 e. The second-order valence-electron chi connectivity index (χ2n) is 4.73. The quantitative estimate of drug-likeness (QED) is 0.779. The summed E-state index contributed by atoms with van der Waals surface area (Å²) in [7, 11) is 1.43. The van der Waals surface area contributed by atoms with Crippen molar-refractivity contribution in [2.24, 2.45) is 11.8 Å². The predicted molar refractivity (Wildman–Crippen MR) is 68.1 cm³/mol. The molecule has 1 aromatic carbocycles. The van der Waals surface area contributed by atoms with Gasteiger partial charge in [-0.2, -0.15) is 0 Å². The van der Waals surface area contributed by atoms with Crippen LogP contribution in [0.4, 0.5) is 0 Å². The Morgan fingerprint density at radius 3 is 2.89 bits per heavy atom. The molecule has 0 fully saturated rings. The van der Waals surface area contributed by atoms with Crippen LogP contribution in [0.15, 0.2) is 29.0 Å². The Labute approximate surface area is 106 Å². The summed E-state index contributed by atoms with van der Waals surface area (Å²) in [6.45, 7) is 4.04. The summed E-state index contributed by atoms with van der Waals surface area (Å²) in [5.74, 6) is -0.0547. The van der Waals surface area contributed by atoms with E-state index in [1.165, 1.54) is 13.5 Å². The topological polar surface area (TPSA) is 52.3 Å². The standard InChI is InChI=1S/C14H17NO3/c1-9(2)11(14(16)17-3)6-10-4-5-12-13(7-10)18-8-15-12/h4-5,7-9,11H,6H2,1-3H3. The van der Waals surface area contributed by atoms with Crippen LogP contribution < -0.4 is 0 Å². The van der Waals surface area contributed by atoms with Crippen LogP contribution in [-0.2, 0) is 16.0 Å². The van der Waals surface area contributed by atoms with Crippen molar-refractivity contribution in [2.75, 3.05) is 7.11 Å². The van der Waals surface area contributed by atoms with E-state index in [0.29, 0.717) is 6.42 Å². The molecule has 0 spiro atoms. The van der Waals surface area contributed by atoms with E-state index in [1.807, 2.05) is 32.0 Å². The third-order valence-corrected chi connectivity index (χ3v) is 3.16. The highest BCUT2D eigenvalue weighted by molar-refractivity contribution is 5.75. The van der Waals surface area contributed by atoms with Crippen molar-refractivity contribution in [1.82, 2.24) is 4.98 Å². The molecule has 0 amide bonds. The number of hydrogen-bond donors (Lipinski definition) is 0. The molecule has 1 aromatic heterocycles. The van der Waals surface area contributed by atoms with Crippen molar-refractivity contribution < 1.29 is 13.9 Å². The van der Waals surface area contributed by atoms with Gasteiger partial charge in [0.15, 0.2) is 12.0 Å². The van der Waals surface area contributed by atoms with E-state index in [0.717, 1.165) is 16.7 Å². The zero-order valence-corrected chi connectivity index (χ0v) is 10.8. The lowest BCUT2D eigenvalue weighted by molar-refractivity contribution is -0.146. The second kappa shape index (κ2) is 5.21. The monoisotopic (exact) mass is 247 g/mol. The zero-order chi connectivity index (χ0) is 13.1. The van der Waals surface area contributed by atoms with E-state index in [4.69, 9.17) is 9.15 Å². The van der Waals surface area contributed by atoms with Crippen LogP contribution in [0.3, 0.4) is 0 Å². The van der Waals surface area contributed by atoms with Crippen LogP contribution in [0.1, 0.15) is 19.4 Å². The molecule has 0 aliphatic heterocycles. The van der Waals surface area contributed by atoms with E-state index in [9.17, 15) is 4.79 Å². The first-order valence-corrected chi connectivity index (χ1v) is 6.01. The average molecular weight is 247 g/mol. The molecule has 96 valence electrons. The molecule has 18 heavy (non-hydrogen) atoms. The summed E-state index contributed by atoms with van der Waals surface area (Å²) in [5, 5.41) is 0. The highest BCUT2D eigenvalue weighted by Crippen LogP contribution is 2.21. The number of nitrogens with zero attached hydrogens (tertiary/aromatic N) is 1. The third-order valence-electron chi connectivity index (χ3n) is 3.16. The molecular formula is C14H17NO3. The first kappa shape index (κ1) is 12.6. The highest BCUT2D eigenvalue weighted by atomic mass is 16.5. The van der Waals surface area contributed by atoms with Crippen LogP contribution in [-0.4, -0.2) is 18.1 Å². The fourth-order valence-electron chi connectivity index (χ4n) is 2.02. The molecule has 1 heterocycles. The number of ether oxygens (including phenoxy) is 1. The fourth-order valence-corrected chi connectivity index (χ4v) is 2.02. The lowest BCUT2D eigenvalue weighted by Crippen LogP contribution is -2.23. The first-order chi connectivity index (χ1) is 8.61. The molecule has 0 saturated carbocycles. The Morgan fingerprint density at radius 2 is 2.22 bits per heavy atom. The molecule has 0 radical (unpaired) electrons. The Kier molecular flexibility index (Phi) is 3.65. The maximum atomic E-state index is 11.7.